The lowest BCUT2D eigenvalue weighted by atomic mass is 10.3. The molecule has 0 atom stereocenters. The van der Waals surface area contributed by atoms with Crippen LogP contribution in [0.5, 0.6) is 0 Å². The first kappa shape index (κ1) is 13.5. The predicted octanol–water partition coefficient (Wildman–Crippen LogP) is 3.47. The molecule has 2 aromatic rings. The van der Waals surface area contributed by atoms with E-state index in [1.807, 2.05) is 38.1 Å². The monoisotopic (exact) mass is 205 g/mol. The number of para-hydroxylation sites is 1. The molecule has 0 aliphatic heterocycles. The van der Waals surface area contributed by atoms with Crippen LogP contribution in [-0.4, -0.2) is 15.2 Å². The number of rotatable bonds is 0. The first-order valence-corrected chi connectivity index (χ1v) is 5.41. The Morgan fingerprint density at radius 1 is 1.00 bits per heavy atom. The molecule has 0 saturated heterocycles. The van der Waals surface area contributed by atoms with E-state index in [1.165, 1.54) is 12.7 Å². The smallest absolute Gasteiger partial charge is 0.138 e. The lowest BCUT2D eigenvalue weighted by molar-refractivity contribution is 1.02. The minimum atomic E-state index is 0.838. The largest absolute Gasteiger partial charge is 0.233 e. The van der Waals surface area contributed by atoms with Gasteiger partial charge in [0.15, 0.2) is 0 Å². The molecule has 3 nitrogen and oxygen atoms in total. The highest BCUT2D eigenvalue weighted by atomic mass is 15.1. The van der Waals surface area contributed by atoms with Crippen molar-refractivity contribution in [3.8, 4) is 0 Å². The number of nitrogens with zero attached hydrogens (tertiary/aromatic N) is 3. The van der Waals surface area contributed by atoms with Gasteiger partial charge in [0.2, 0.25) is 0 Å². The molecule has 0 amide bonds. The molecular formula is C12H19N3. The Morgan fingerprint density at radius 2 is 1.53 bits per heavy atom. The summed E-state index contributed by atoms with van der Waals surface area (Å²) in [5.41, 5.74) is 1.72. The molecule has 0 N–H and O–H groups in total. The molecule has 0 spiro atoms. The number of hydrogen-bond acceptors (Lipinski definition) is 3. The van der Waals surface area contributed by atoms with Gasteiger partial charge in [-0.1, -0.05) is 46.2 Å². The summed E-state index contributed by atoms with van der Waals surface area (Å²) in [6.45, 7) is 8.25. The minimum Gasteiger partial charge on any atom is -0.233 e. The van der Waals surface area contributed by atoms with Gasteiger partial charge in [-0.05, 0) is 12.1 Å². The Labute approximate surface area is 91.6 Å². The van der Waals surface area contributed by atoms with Gasteiger partial charge in [0, 0.05) is 0 Å². The third-order valence-corrected chi connectivity index (χ3v) is 1.30. The second-order valence-corrected chi connectivity index (χ2v) is 2.66. The first-order valence-electron chi connectivity index (χ1n) is 5.41. The second kappa shape index (κ2) is 9.06. The molecule has 3 heteroatoms. The Kier molecular flexibility index (Phi) is 8.15. The average Bonchev–Trinajstić information content (AvgIpc) is 2.33. The van der Waals surface area contributed by atoms with Gasteiger partial charge in [0.25, 0.3) is 0 Å². The van der Waals surface area contributed by atoms with Crippen LogP contribution in [0.2, 0.25) is 0 Å². The van der Waals surface area contributed by atoms with E-state index in [0.29, 0.717) is 0 Å². The van der Waals surface area contributed by atoms with Gasteiger partial charge in [-0.15, -0.1) is 10.2 Å². The van der Waals surface area contributed by atoms with Crippen molar-refractivity contribution in [2.75, 3.05) is 0 Å². The van der Waals surface area contributed by atoms with E-state index in [2.05, 4.69) is 29.0 Å². The third-order valence-electron chi connectivity index (χ3n) is 1.30. The fourth-order valence-corrected chi connectivity index (χ4v) is 0.834. The molecule has 2 rings (SSSR count). The topological polar surface area (TPSA) is 38.7 Å². The Balaban J connectivity index is 0.000000342. The van der Waals surface area contributed by atoms with Crippen LogP contribution in [0, 0.1) is 0 Å². The summed E-state index contributed by atoms with van der Waals surface area (Å²) >= 11 is 0. The first-order chi connectivity index (χ1) is 7.38. The fourth-order valence-electron chi connectivity index (χ4n) is 0.834. The maximum atomic E-state index is 4.01. The Morgan fingerprint density at radius 3 is 2.07 bits per heavy atom. The summed E-state index contributed by atoms with van der Waals surface area (Å²) < 4.78 is 0. The van der Waals surface area contributed by atoms with Gasteiger partial charge in [0.05, 0.1) is 5.52 Å². The van der Waals surface area contributed by atoms with E-state index >= 15 is 0 Å². The quantitative estimate of drug-likeness (QED) is 0.661. The van der Waals surface area contributed by atoms with E-state index in [4.69, 9.17) is 0 Å². The van der Waals surface area contributed by atoms with Crippen LogP contribution < -0.4 is 0 Å². The number of hydrogen-bond donors (Lipinski definition) is 0. The number of aromatic nitrogens is 3. The maximum absolute atomic E-state index is 4.01. The van der Waals surface area contributed by atoms with Gasteiger partial charge in [-0.3, -0.25) is 0 Å². The highest BCUT2D eigenvalue weighted by Gasteiger charge is 1.89. The molecule has 1 heterocycles. The summed E-state index contributed by atoms with van der Waals surface area (Å²) in [5.74, 6) is 0. The van der Waals surface area contributed by atoms with Crippen molar-refractivity contribution in [1.29, 1.82) is 0 Å². The summed E-state index contributed by atoms with van der Waals surface area (Å²) in [6.07, 6.45) is 2.70. The van der Waals surface area contributed by atoms with Crippen LogP contribution in [0.4, 0.5) is 0 Å². The zero-order valence-electron chi connectivity index (χ0n) is 9.94. The van der Waals surface area contributed by atoms with Crippen LogP contribution >= 0.6 is 0 Å². The summed E-state index contributed by atoms with van der Waals surface area (Å²) in [6, 6.07) is 7.63. The molecule has 1 aromatic heterocycles. The predicted molar refractivity (Wildman–Crippen MR) is 64.6 cm³/mol. The van der Waals surface area contributed by atoms with Crippen molar-refractivity contribution in [2.45, 2.75) is 34.1 Å². The van der Waals surface area contributed by atoms with E-state index in [1.54, 1.807) is 0 Å². The standard InChI is InChI=1S/C7H5N3.C3H8.C2H6/c1-2-4-7-6(3-1)8-5-9-10-7;1-3-2;1-2/h1-5H;3H2,1-2H3;1-2H3. The van der Waals surface area contributed by atoms with Crippen molar-refractivity contribution in [1.82, 2.24) is 15.2 Å². The zero-order valence-corrected chi connectivity index (χ0v) is 9.94. The van der Waals surface area contributed by atoms with E-state index in [0.717, 1.165) is 11.0 Å². The number of fused-ring (bicyclic) bond motifs is 1. The molecule has 0 aliphatic rings. The highest BCUT2D eigenvalue weighted by Crippen LogP contribution is 2.03. The van der Waals surface area contributed by atoms with Gasteiger partial charge < -0.3 is 0 Å². The van der Waals surface area contributed by atoms with Crippen LogP contribution in [-0.2, 0) is 0 Å². The molecule has 1 aromatic carbocycles. The minimum absolute atomic E-state index is 0.838. The lowest BCUT2D eigenvalue weighted by Crippen LogP contribution is -1.84. The molecule has 0 aliphatic carbocycles. The van der Waals surface area contributed by atoms with Gasteiger partial charge in [-0.25, -0.2) is 4.98 Å². The van der Waals surface area contributed by atoms with E-state index in [-0.39, 0.29) is 0 Å². The normalized spacial score (nSPS) is 8.27. The van der Waals surface area contributed by atoms with Crippen molar-refractivity contribution in [3.63, 3.8) is 0 Å². The molecule has 0 unspecified atom stereocenters. The summed E-state index contributed by atoms with van der Waals surface area (Å²) in [7, 11) is 0. The molecule has 0 bridgehead atoms. The van der Waals surface area contributed by atoms with E-state index < -0.39 is 0 Å². The van der Waals surface area contributed by atoms with Crippen molar-refractivity contribution < 1.29 is 0 Å². The van der Waals surface area contributed by atoms with Crippen molar-refractivity contribution >= 4 is 11.0 Å². The third kappa shape index (κ3) is 5.05. The summed E-state index contributed by atoms with van der Waals surface area (Å²) in [5, 5.41) is 7.52. The molecule has 15 heavy (non-hydrogen) atoms. The maximum Gasteiger partial charge on any atom is 0.138 e. The van der Waals surface area contributed by atoms with Crippen LogP contribution in [0.25, 0.3) is 11.0 Å². The Bertz CT molecular complexity index is 295. The zero-order chi connectivity index (χ0) is 11.5. The van der Waals surface area contributed by atoms with E-state index in [9.17, 15) is 0 Å². The second-order valence-electron chi connectivity index (χ2n) is 2.66. The van der Waals surface area contributed by atoms with Crippen molar-refractivity contribution in [3.05, 3.63) is 30.6 Å². The average molecular weight is 205 g/mol. The van der Waals surface area contributed by atoms with Crippen LogP contribution in [0.15, 0.2) is 30.6 Å². The molecular weight excluding hydrogens is 186 g/mol. The SMILES string of the molecule is CC.CCC.c1ccc2nncnc2c1. The molecule has 0 radical (unpaired) electrons. The summed E-state index contributed by atoms with van der Waals surface area (Å²) in [4.78, 5) is 4.01. The van der Waals surface area contributed by atoms with Crippen molar-refractivity contribution in [2.24, 2.45) is 0 Å². The molecule has 0 saturated carbocycles. The van der Waals surface area contributed by atoms with Gasteiger partial charge >= 0.3 is 0 Å². The van der Waals surface area contributed by atoms with Gasteiger partial charge in [-0.2, -0.15) is 0 Å². The molecule has 82 valence electrons. The fraction of sp³-hybridized carbons (Fsp3) is 0.417. The lowest BCUT2D eigenvalue weighted by Gasteiger charge is -1.89. The van der Waals surface area contributed by atoms with Crippen LogP contribution in [0.3, 0.4) is 0 Å². The van der Waals surface area contributed by atoms with Crippen LogP contribution in [0.1, 0.15) is 34.1 Å². The highest BCUT2D eigenvalue weighted by molar-refractivity contribution is 5.72. The Hall–Kier alpha value is -1.51. The molecule has 0 fully saturated rings. The van der Waals surface area contributed by atoms with Gasteiger partial charge in [0.1, 0.15) is 11.8 Å². The number of benzene rings is 1.